The first-order valence-electron chi connectivity index (χ1n) is 9.04. The topological polar surface area (TPSA) is 60.5 Å². The number of amides is 2. The van der Waals surface area contributed by atoms with Crippen molar-refractivity contribution in [2.24, 2.45) is 0 Å². The third-order valence-corrected chi connectivity index (χ3v) is 4.11. The van der Waals surface area contributed by atoms with Crippen LogP contribution in [0.25, 0.3) is 0 Å². The van der Waals surface area contributed by atoms with E-state index in [9.17, 15) is 4.79 Å². The fourth-order valence-corrected chi connectivity index (χ4v) is 2.64. The van der Waals surface area contributed by atoms with Gasteiger partial charge in [-0.25, -0.2) is 9.78 Å². The fraction of sp³-hybridized carbons (Fsp3) is 0.400. The van der Waals surface area contributed by atoms with Gasteiger partial charge in [0.25, 0.3) is 0 Å². The van der Waals surface area contributed by atoms with Gasteiger partial charge in [-0.05, 0) is 43.2 Å². The standard InChI is InChI=1S/C20H29N5O/c1-4-25(18-9-6-5-7-10-18)14-8-12-22-20(26)23-16-17-11-13-21-19(15-17)24(2)3/h5-7,9-11,13,15H,4,8,12,14,16H2,1-3H3,(H2,22,23,26). The van der Waals surface area contributed by atoms with Crippen molar-refractivity contribution in [1.82, 2.24) is 15.6 Å². The Balaban J connectivity index is 1.68. The molecule has 0 bridgehead atoms. The molecule has 0 unspecified atom stereocenters. The summed E-state index contributed by atoms with van der Waals surface area (Å²) in [6.07, 6.45) is 2.66. The van der Waals surface area contributed by atoms with Crippen LogP contribution in [-0.4, -0.2) is 44.7 Å². The number of aromatic nitrogens is 1. The van der Waals surface area contributed by atoms with Crippen molar-refractivity contribution in [2.75, 3.05) is 43.5 Å². The summed E-state index contributed by atoms with van der Waals surface area (Å²) in [5.74, 6) is 0.880. The van der Waals surface area contributed by atoms with E-state index >= 15 is 0 Å². The molecule has 0 saturated carbocycles. The van der Waals surface area contributed by atoms with Gasteiger partial charge in [0.05, 0.1) is 0 Å². The van der Waals surface area contributed by atoms with Gasteiger partial charge in [-0.1, -0.05) is 18.2 Å². The van der Waals surface area contributed by atoms with E-state index in [2.05, 4.69) is 39.6 Å². The molecule has 26 heavy (non-hydrogen) atoms. The lowest BCUT2D eigenvalue weighted by Gasteiger charge is -2.23. The Kier molecular flexibility index (Phi) is 7.74. The SMILES string of the molecule is CCN(CCCNC(=O)NCc1ccnc(N(C)C)c1)c1ccccc1. The second-order valence-corrected chi connectivity index (χ2v) is 6.29. The molecule has 1 heterocycles. The van der Waals surface area contributed by atoms with E-state index in [1.807, 2.05) is 49.3 Å². The van der Waals surface area contributed by atoms with Gasteiger partial charge in [0.15, 0.2) is 0 Å². The summed E-state index contributed by atoms with van der Waals surface area (Å²) in [7, 11) is 3.89. The van der Waals surface area contributed by atoms with E-state index < -0.39 is 0 Å². The van der Waals surface area contributed by atoms with Crippen LogP contribution in [0.2, 0.25) is 0 Å². The first-order chi connectivity index (χ1) is 12.6. The fourth-order valence-electron chi connectivity index (χ4n) is 2.64. The number of nitrogens with one attached hydrogen (secondary N) is 2. The summed E-state index contributed by atoms with van der Waals surface area (Å²) in [5.41, 5.74) is 2.24. The molecule has 140 valence electrons. The minimum absolute atomic E-state index is 0.143. The van der Waals surface area contributed by atoms with Crippen molar-refractivity contribution < 1.29 is 4.79 Å². The van der Waals surface area contributed by atoms with E-state index in [4.69, 9.17) is 0 Å². The summed E-state index contributed by atoms with van der Waals surface area (Å²) in [6, 6.07) is 14.1. The molecule has 2 amide bonds. The van der Waals surface area contributed by atoms with E-state index in [0.29, 0.717) is 13.1 Å². The predicted octanol–water partition coefficient (Wildman–Crippen LogP) is 2.86. The zero-order valence-electron chi connectivity index (χ0n) is 15.9. The van der Waals surface area contributed by atoms with Gasteiger partial charge in [0, 0.05) is 52.2 Å². The number of rotatable bonds is 9. The number of nitrogens with zero attached hydrogens (tertiary/aromatic N) is 3. The first-order valence-corrected chi connectivity index (χ1v) is 9.04. The molecule has 0 spiro atoms. The summed E-state index contributed by atoms with van der Waals surface area (Å²) < 4.78 is 0. The molecule has 2 N–H and O–H groups in total. The number of urea groups is 1. The zero-order chi connectivity index (χ0) is 18.8. The zero-order valence-corrected chi connectivity index (χ0v) is 15.9. The molecule has 6 heteroatoms. The normalized spacial score (nSPS) is 10.3. The number of benzene rings is 1. The van der Waals surface area contributed by atoms with E-state index in [1.165, 1.54) is 5.69 Å². The third-order valence-electron chi connectivity index (χ3n) is 4.11. The molecule has 2 rings (SSSR count). The highest BCUT2D eigenvalue weighted by molar-refractivity contribution is 5.73. The maximum absolute atomic E-state index is 12.0. The molecule has 0 aliphatic carbocycles. The van der Waals surface area contributed by atoms with Crippen LogP contribution in [-0.2, 0) is 6.54 Å². The molecular formula is C20H29N5O. The second kappa shape index (κ2) is 10.3. The largest absolute Gasteiger partial charge is 0.372 e. The van der Waals surface area contributed by atoms with Crippen LogP contribution in [0.4, 0.5) is 16.3 Å². The van der Waals surface area contributed by atoms with Crippen LogP contribution >= 0.6 is 0 Å². The van der Waals surface area contributed by atoms with E-state index in [-0.39, 0.29) is 6.03 Å². The lowest BCUT2D eigenvalue weighted by atomic mass is 10.2. The molecule has 0 aliphatic heterocycles. The second-order valence-electron chi connectivity index (χ2n) is 6.29. The molecule has 2 aromatic rings. The molecule has 0 radical (unpaired) electrons. The number of para-hydroxylation sites is 1. The smallest absolute Gasteiger partial charge is 0.315 e. The Hall–Kier alpha value is -2.76. The Labute approximate surface area is 156 Å². The molecule has 0 saturated heterocycles. The van der Waals surface area contributed by atoms with Crippen molar-refractivity contribution in [3.8, 4) is 0 Å². The van der Waals surface area contributed by atoms with Crippen molar-refractivity contribution in [3.05, 3.63) is 54.2 Å². The Morgan fingerprint density at radius 2 is 1.88 bits per heavy atom. The number of anilines is 2. The minimum atomic E-state index is -0.143. The summed E-state index contributed by atoms with van der Waals surface area (Å²) in [6.45, 7) is 5.14. The lowest BCUT2D eigenvalue weighted by Crippen LogP contribution is -2.37. The van der Waals surface area contributed by atoms with Crippen LogP contribution in [0.5, 0.6) is 0 Å². The van der Waals surface area contributed by atoms with E-state index in [0.717, 1.165) is 30.9 Å². The van der Waals surface area contributed by atoms with Gasteiger partial charge >= 0.3 is 6.03 Å². The number of hydrogen-bond donors (Lipinski definition) is 2. The van der Waals surface area contributed by atoms with Crippen molar-refractivity contribution >= 4 is 17.5 Å². The molecular weight excluding hydrogens is 326 g/mol. The Morgan fingerprint density at radius 3 is 2.58 bits per heavy atom. The first kappa shape index (κ1) is 19.6. The van der Waals surface area contributed by atoms with Crippen molar-refractivity contribution in [3.63, 3.8) is 0 Å². The van der Waals surface area contributed by atoms with Crippen LogP contribution in [0, 0.1) is 0 Å². The van der Waals surface area contributed by atoms with E-state index in [1.54, 1.807) is 6.20 Å². The highest BCUT2D eigenvalue weighted by Crippen LogP contribution is 2.12. The van der Waals surface area contributed by atoms with Crippen molar-refractivity contribution in [2.45, 2.75) is 19.9 Å². The molecule has 0 aliphatic rings. The number of hydrogen-bond acceptors (Lipinski definition) is 4. The number of carbonyl (C=O) groups is 1. The predicted molar refractivity (Wildman–Crippen MR) is 108 cm³/mol. The molecule has 1 aromatic carbocycles. The van der Waals surface area contributed by atoms with Gasteiger partial charge in [-0.2, -0.15) is 0 Å². The highest BCUT2D eigenvalue weighted by Gasteiger charge is 2.05. The Bertz CT molecular complexity index is 675. The van der Waals surface area contributed by atoms with Crippen LogP contribution in [0.15, 0.2) is 48.7 Å². The van der Waals surface area contributed by atoms with Crippen molar-refractivity contribution in [1.29, 1.82) is 0 Å². The van der Waals surface area contributed by atoms with Crippen LogP contribution < -0.4 is 20.4 Å². The average molecular weight is 355 g/mol. The quantitative estimate of drug-likeness (QED) is 0.679. The van der Waals surface area contributed by atoms with Gasteiger partial charge in [-0.15, -0.1) is 0 Å². The van der Waals surface area contributed by atoms with Gasteiger partial charge < -0.3 is 20.4 Å². The maximum Gasteiger partial charge on any atom is 0.315 e. The van der Waals surface area contributed by atoms with Crippen LogP contribution in [0.1, 0.15) is 18.9 Å². The highest BCUT2D eigenvalue weighted by atomic mass is 16.2. The summed E-state index contributed by atoms with van der Waals surface area (Å²) in [5, 5.41) is 5.81. The molecule has 0 atom stereocenters. The minimum Gasteiger partial charge on any atom is -0.372 e. The molecule has 1 aromatic heterocycles. The summed E-state index contributed by atoms with van der Waals surface area (Å²) >= 11 is 0. The molecule has 0 fully saturated rings. The molecule has 6 nitrogen and oxygen atoms in total. The lowest BCUT2D eigenvalue weighted by molar-refractivity contribution is 0.240. The average Bonchev–Trinajstić information content (AvgIpc) is 2.67. The monoisotopic (exact) mass is 355 g/mol. The Morgan fingerprint density at radius 1 is 1.12 bits per heavy atom. The van der Waals surface area contributed by atoms with Gasteiger partial charge in [0.2, 0.25) is 0 Å². The third kappa shape index (κ3) is 6.27. The van der Waals surface area contributed by atoms with Gasteiger partial charge in [0.1, 0.15) is 5.82 Å². The number of pyridine rings is 1. The maximum atomic E-state index is 12.0. The number of carbonyl (C=O) groups excluding carboxylic acids is 1. The van der Waals surface area contributed by atoms with Gasteiger partial charge in [-0.3, -0.25) is 0 Å². The van der Waals surface area contributed by atoms with Crippen LogP contribution in [0.3, 0.4) is 0 Å². The summed E-state index contributed by atoms with van der Waals surface area (Å²) in [4.78, 5) is 20.5.